The van der Waals surface area contributed by atoms with Crippen LogP contribution in [0.25, 0.3) is 0 Å². The number of rotatable bonds is 5. The van der Waals surface area contributed by atoms with E-state index in [1.54, 1.807) is 0 Å². The fraction of sp³-hybridized carbons (Fsp3) is 0.857. The normalized spacial score (nSPS) is 22.9. The molecular weight excluding hydrogens is 288 g/mol. The van der Waals surface area contributed by atoms with Gasteiger partial charge in [0.05, 0.1) is 25.2 Å². The molecule has 3 heterocycles. The Labute approximate surface area is 129 Å². The topological polar surface area (TPSA) is 61.7 Å². The average Bonchev–Trinajstić information content (AvgIpc) is 2.83. The largest absolute Gasteiger partial charge is 0.396 e. The van der Waals surface area contributed by atoms with Gasteiger partial charge in [0.1, 0.15) is 5.82 Å². The van der Waals surface area contributed by atoms with Crippen molar-refractivity contribution in [3.05, 3.63) is 5.82 Å². The van der Waals surface area contributed by atoms with Crippen LogP contribution in [0, 0.1) is 5.41 Å². The van der Waals surface area contributed by atoms with Crippen molar-refractivity contribution in [3.8, 4) is 0 Å². The molecule has 2 aliphatic heterocycles. The zero-order valence-electron chi connectivity index (χ0n) is 12.6. The van der Waals surface area contributed by atoms with E-state index in [-0.39, 0.29) is 12.0 Å². The zero-order chi connectivity index (χ0) is 14.7. The summed E-state index contributed by atoms with van der Waals surface area (Å²) in [4.78, 5) is 9.40. The van der Waals surface area contributed by atoms with Gasteiger partial charge in [-0.15, -0.1) is 0 Å². The maximum Gasteiger partial charge on any atom is 0.205 e. The maximum atomic E-state index is 9.56. The molecule has 21 heavy (non-hydrogen) atoms. The molecule has 2 saturated heterocycles. The third-order valence-corrected chi connectivity index (χ3v) is 5.16. The molecule has 7 heteroatoms. The molecule has 118 valence electrons. The van der Waals surface area contributed by atoms with Gasteiger partial charge in [0.25, 0.3) is 0 Å². The van der Waals surface area contributed by atoms with Crippen molar-refractivity contribution in [1.82, 2.24) is 14.3 Å². The molecule has 1 N–H and O–H groups in total. The second-order valence-corrected chi connectivity index (χ2v) is 6.84. The predicted octanol–water partition coefficient (Wildman–Crippen LogP) is 0.621. The van der Waals surface area contributed by atoms with E-state index in [1.807, 2.05) is 0 Å². The van der Waals surface area contributed by atoms with Crippen molar-refractivity contribution < 1.29 is 9.84 Å². The van der Waals surface area contributed by atoms with E-state index in [1.165, 1.54) is 11.5 Å². The number of hydrogen-bond acceptors (Lipinski definition) is 7. The molecule has 0 bridgehead atoms. The van der Waals surface area contributed by atoms with Gasteiger partial charge in [-0.3, -0.25) is 0 Å². The van der Waals surface area contributed by atoms with Gasteiger partial charge in [-0.05, 0) is 13.0 Å². The van der Waals surface area contributed by atoms with E-state index in [4.69, 9.17) is 4.74 Å². The molecule has 0 atom stereocenters. The van der Waals surface area contributed by atoms with E-state index in [2.05, 4.69) is 26.1 Å². The fourth-order valence-electron chi connectivity index (χ4n) is 2.93. The Morgan fingerprint density at radius 3 is 2.76 bits per heavy atom. The lowest BCUT2D eigenvalue weighted by molar-refractivity contribution is -0.147. The summed E-state index contributed by atoms with van der Waals surface area (Å²) in [7, 11) is 0. The minimum absolute atomic E-state index is 0.0205. The summed E-state index contributed by atoms with van der Waals surface area (Å²) in [5.41, 5.74) is -0.0205. The Morgan fingerprint density at radius 1 is 1.29 bits per heavy atom. The van der Waals surface area contributed by atoms with Gasteiger partial charge in [0.15, 0.2) is 0 Å². The highest BCUT2D eigenvalue weighted by atomic mass is 32.1. The van der Waals surface area contributed by atoms with Crippen LogP contribution in [-0.2, 0) is 11.2 Å². The second kappa shape index (κ2) is 6.56. The first-order valence-electron chi connectivity index (χ1n) is 7.73. The Bertz CT molecular complexity index is 458. The summed E-state index contributed by atoms with van der Waals surface area (Å²) >= 11 is 1.51. The Morgan fingerprint density at radius 2 is 2.14 bits per heavy atom. The van der Waals surface area contributed by atoms with Crippen LogP contribution in [0.15, 0.2) is 0 Å². The second-order valence-electron chi connectivity index (χ2n) is 6.11. The van der Waals surface area contributed by atoms with Crippen LogP contribution < -0.4 is 4.90 Å². The minimum atomic E-state index is -0.0205. The molecule has 1 aromatic heterocycles. The van der Waals surface area contributed by atoms with Gasteiger partial charge >= 0.3 is 0 Å². The molecular formula is C14H24N4O2S. The first kappa shape index (κ1) is 15.1. The van der Waals surface area contributed by atoms with Crippen LogP contribution in [0.4, 0.5) is 5.13 Å². The van der Waals surface area contributed by atoms with Crippen molar-refractivity contribution in [2.45, 2.75) is 19.8 Å². The van der Waals surface area contributed by atoms with E-state index >= 15 is 0 Å². The summed E-state index contributed by atoms with van der Waals surface area (Å²) < 4.78 is 9.67. The third-order valence-electron chi connectivity index (χ3n) is 4.34. The monoisotopic (exact) mass is 312 g/mol. The molecule has 6 nitrogen and oxygen atoms in total. The lowest BCUT2D eigenvalue weighted by atomic mass is 9.86. The fourth-order valence-corrected chi connectivity index (χ4v) is 3.74. The first-order chi connectivity index (χ1) is 10.2. The number of ether oxygens (including phenoxy) is 1. The van der Waals surface area contributed by atoms with Gasteiger partial charge < -0.3 is 19.6 Å². The molecule has 0 saturated carbocycles. The average molecular weight is 312 g/mol. The van der Waals surface area contributed by atoms with Crippen molar-refractivity contribution in [1.29, 1.82) is 0 Å². The van der Waals surface area contributed by atoms with Gasteiger partial charge in [0.2, 0.25) is 5.13 Å². The predicted molar refractivity (Wildman–Crippen MR) is 82.9 cm³/mol. The number of aromatic nitrogens is 2. The molecule has 2 fully saturated rings. The van der Waals surface area contributed by atoms with Crippen LogP contribution >= 0.6 is 11.5 Å². The van der Waals surface area contributed by atoms with E-state index in [9.17, 15) is 5.11 Å². The van der Waals surface area contributed by atoms with Crippen molar-refractivity contribution in [2.75, 3.05) is 57.4 Å². The smallest absolute Gasteiger partial charge is 0.205 e. The van der Waals surface area contributed by atoms with Crippen molar-refractivity contribution >= 4 is 16.7 Å². The minimum Gasteiger partial charge on any atom is -0.396 e. The highest BCUT2D eigenvalue weighted by Crippen LogP contribution is 2.28. The Kier molecular flexibility index (Phi) is 4.73. The maximum absolute atomic E-state index is 9.56. The highest BCUT2D eigenvalue weighted by Gasteiger charge is 2.39. The standard InChI is InChI=1S/C14H24N4O2S/c1-2-12-15-13(21-16-12)18-5-3-4-17(6-7-18)8-14(9-19)10-20-11-14/h19H,2-11H2,1H3. The van der Waals surface area contributed by atoms with Gasteiger partial charge in [-0.25, -0.2) is 4.98 Å². The summed E-state index contributed by atoms with van der Waals surface area (Å²) in [5.74, 6) is 0.946. The van der Waals surface area contributed by atoms with E-state index in [0.29, 0.717) is 13.2 Å². The zero-order valence-corrected chi connectivity index (χ0v) is 13.4. The summed E-state index contributed by atoms with van der Waals surface area (Å²) in [6.07, 6.45) is 2.03. The molecule has 0 amide bonds. The first-order valence-corrected chi connectivity index (χ1v) is 8.50. The van der Waals surface area contributed by atoms with Gasteiger partial charge in [-0.1, -0.05) is 6.92 Å². The van der Waals surface area contributed by atoms with Crippen LogP contribution in [0.2, 0.25) is 0 Å². The lowest BCUT2D eigenvalue weighted by Gasteiger charge is -2.43. The Balaban J connectivity index is 1.56. The summed E-state index contributed by atoms with van der Waals surface area (Å²) in [5, 5.41) is 10.6. The SMILES string of the molecule is CCc1nsc(N2CCCN(CC3(CO)COC3)CC2)n1. The molecule has 3 rings (SSSR count). The van der Waals surface area contributed by atoms with Crippen LogP contribution in [0.1, 0.15) is 19.2 Å². The number of aliphatic hydroxyl groups excluding tert-OH is 1. The van der Waals surface area contributed by atoms with Crippen LogP contribution in [0.3, 0.4) is 0 Å². The van der Waals surface area contributed by atoms with Gasteiger partial charge in [-0.2, -0.15) is 4.37 Å². The summed E-state index contributed by atoms with van der Waals surface area (Å²) in [6, 6.07) is 0. The number of hydrogen-bond donors (Lipinski definition) is 1. The number of nitrogens with zero attached hydrogens (tertiary/aromatic N) is 4. The van der Waals surface area contributed by atoms with Crippen molar-refractivity contribution in [2.24, 2.45) is 5.41 Å². The molecule has 1 aromatic rings. The Hall–Kier alpha value is -0.760. The quantitative estimate of drug-likeness (QED) is 0.860. The molecule has 0 unspecified atom stereocenters. The molecule has 0 aliphatic carbocycles. The van der Waals surface area contributed by atoms with Crippen LogP contribution in [0.5, 0.6) is 0 Å². The van der Waals surface area contributed by atoms with Crippen molar-refractivity contribution in [3.63, 3.8) is 0 Å². The van der Waals surface area contributed by atoms with E-state index < -0.39 is 0 Å². The molecule has 2 aliphatic rings. The summed E-state index contributed by atoms with van der Waals surface area (Å²) in [6.45, 7) is 8.76. The third kappa shape index (κ3) is 3.36. The van der Waals surface area contributed by atoms with Crippen LogP contribution in [-0.4, -0.2) is 71.9 Å². The number of aliphatic hydroxyl groups is 1. The molecule has 0 spiro atoms. The molecule has 0 aromatic carbocycles. The number of anilines is 1. The van der Waals surface area contributed by atoms with E-state index in [0.717, 1.165) is 56.5 Å². The number of aryl methyl sites for hydroxylation is 1. The molecule has 0 radical (unpaired) electrons. The lowest BCUT2D eigenvalue weighted by Crippen LogP contribution is -2.53. The van der Waals surface area contributed by atoms with Gasteiger partial charge in [0, 0.05) is 44.1 Å². The highest BCUT2D eigenvalue weighted by molar-refractivity contribution is 7.09.